The SMILES string of the molecule is CCOc1cncc(NC2CCC(NC)CC2)n1. The molecule has 5 nitrogen and oxygen atoms in total. The number of nitrogens with zero attached hydrogens (tertiary/aromatic N) is 2. The molecule has 100 valence electrons. The van der Waals surface area contributed by atoms with Gasteiger partial charge in [0.1, 0.15) is 5.82 Å². The van der Waals surface area contributed by atoms with Crippen molar-refractivity contribution >= 4 is 5.82 Å². The van der Waals surface area contributed by atoms with Crippen molar-refractivity contribution in [3.63, 3.8) is 0 Å². The first-order valence-corrected chi connectivity index (χ1v) is 6.70. The molecule has 1 heterocycles. The summed E-state index contributed by atoms with van der Waals surface area (Å²) in [4.78, 5) is 8.52. The summed E-state index contributed by atoms with van der Waals surface area (Å²) in [6.07, 6.45) is 8.18. The molecule has 0 atom stereocenters. The summed E-state index contributed by atoms with van der Waals surface area (Å²) in [5.74, 6) is 1.40. The second-order valence-corrected chi connectivity index (χ2v) is 4.66. The number of hydrogen-bond acceptors (Lipinski definition) is 5. The van der Waals surface area contributed by atoms with E-state index in [1.54, 1.807) is 12.4 Å². The normalized spacial score (nSPS) is 23.7. The van der Waals surface area contributed by atoms with Crippen molar-refractivity contribution in [2.75, 3.05) is 19.0 Å². The van der Waals surface area contributed by atoms with Crippen molar-refractivity contribution in [3.8, 4) is 5.88 Å². The van der Waals surface area contributed by atoms with Crippen LogP contribution in [0.3, 0.4) is 0 Å². The highest BCUT2D eigenvalue weighted by molar-refractivity contribution is 5.34. The Bertz CT molecular complexity index is 364. The van der Waals surface area contributed by atoms with Gasteiger partial charge in [-0.2, -0.15) is 4.98 Å². The van der Waals surface area contributed by atoms with Gasteiger partial charge < -0.3 is 15.4 Å². The van der Waals surface area contributed by atoms with Gasteiger partial charge in [-0.25, -0.2) is 0 Å². The van der Waals surface area contributed by atoms with E-state index in [9.17, 15) is 0 Å². The minimum atomic E-state index is 0.501. The highest BCUT2D eigenvalue weighted by Gasteiger charge is 2.20. The molecular formula is C13H22N4O. The Kier molecular flexibility index (Phi) is 4.75. The van der Waals surface area contributed by atoms with Crippen molar-refractivity contribution in [3.05, 3.63) is 12.4 Å². The highest BCUT2D eigenvalue weighted by Crippen LogP contribution is 2.21. The number of ether oxygens (including phenoxy) is 1. The van der Waals surface area contributed by atoms with Gasteiger partial charge in [-0.3, -0.25) is 4.98 Å². The largest absolute Gasteiger partial charge is 0.477 e. The molecule has 1 aliphatic rings. The van der Waals surface area contributed by atoms with E-state index in [4.69, 9.17) is 4.74 Å². The summed E-state index contributed by atoms with van der Waals surface area (Å²) in [7, 11) is 2.04. The van der Waals surface area contributed by atoms with E-state index < -0.39 is 0 Å². The van der Waals surface area contributed by atoms with Gasteiger partial charge in [0, 0.05) is 12.1 Å². The third-order valence-corrected chi connectivity index (χ3v) is 3.39. The van der Waals surface area contributed by atoms with Gasteiger partial charge in [0.05, 0.1) is 19.0 Å². The molecule has 5 heteroatoms. The summed E-state index contributed by atoms with van der Waals surface area (Å²) in [5.41, 5.74) is 0. The molecule has 1 saturated carbocycles. The lowest BCUT2D eigenvalue weighted by molar-refractivity contribution is 0.325. The molecule has 0 saturated heterocycles. The molecule has 0 spiro atoms. The van der Waals surface area contributed by atoms with Gasteiger partial charge in [0.2, 0.25) is 5.88 Å². The third-order valence-electron chi connectivity index (χ3n) is 3.39. The fourth-order valence-electron chi connectivity index (χ4n) is 2.37. The maximum atomic E-state index is 5.35. The van der Waals surface area contributed by atoms with Crippen LogP contribution in [0.5, 0.6) is 5.88 Å². The lowest BCUT2D eigenvalue weighted by Gasteiger charge is -2.29. The van der Waals surface area contributed by atoms with E-state index in [2.05, 4.69) is 20.6 Å². The standard InChI is InChI=1S/C13H22N4O/c1-3-18-13-9-15-8-12(17-13)16-11-6-4-10(14-2)5-7-11/h8-11,14H,3-7H2,1-2H3,(H,16,17). The number of hydrogen-bond donors (Lipinski definition) is 2. The van der Waals surface area contributed by atoms with Crippen molar-refractivity contribution in [1.29, 1.82) is 0 Å². The summed E-state index contributed by atoms with van der Waals surface area (Å²) in [6.45, 7) is 2.56. The Hall–Kier alpha value is -1.36. The first-order chi connectivity index (χ1) is 8.81. The molecule has 0 aliphatic heterocycles. The van der Waals surface area contributed by atoms with Gasteiger partial charge in [-0.15, -0.1) is 0 Å². The Morgan fingerprint density at radius 2 is 1.94 bits per heavy atom. The predicted molar refractivity (Wildman–Crippen MR) is 71.9 cm³/mol. The fourth-order valence-corrected chi connectivity index (χ4v) is 2.37. The molecule has 0 aromatic carbocycles. The van der Waals surface area contributed by atoms with E-state index in [0.717, 1.165) is 5.82 Å². The van der Waals surface area contributed by atoms with Crippen molar-refractivity contribution in [2.24, 2.45) is 0 Å². The van der Waals surface area contributed by atoms with E-state index in [1.807, 2.05) is 14.0 Å². The van der Waals surface area contributed by atoms with Crippen LogP contribution in [-0.4, -0.2) is 35.7 Å². The fraction of sp³-hybridized carbons (Fsp3) is 0.692. The Morgan fingerprint density at radius 1 is 1.22 bits per heavy atom. The second-order valence-electron chi connectivity index (χ2n) is 4.66. The van der Waals surface area contributed by atoms with Gasteiger partial charge in [-0.05, 0) is 39.7 Å². The van der Waals surface area contributed by atoms with Crippen LogP contribution in [0.15, 0.2) is 12.4 Å². The summed E-state index contributed by atoms with van der Waals surface area (Å²) in [5, 5.41) is 6.78. The molecule has 1 aliphatic carbocycles. The highest BCUT2D eigenvalue weighted by atomic mass is 16.5. The monoisotopic (exact) mass is 250 g/mol. The zero-order chi connectivity index (χ0) is 12.8. The molecule has 1 aromatic heterocycles. The van der Waals surface area contributed by atoms with Gasteiger partial charge in [-0.1, -0.05) is 0 Å². The first-order valence-electron chi connectivity index (χ1n) is 6.70. The summed E-state index contributed by atoms with van der Waals surface area (Å²) in [6, 6.07) is 1.17. The maximum absolute atomic E-state index is 5.35. The van der Waals surface area contributed by atoms with Gasteiger partial charge >= 0.3 is 0 Å². The van der Waals surface area contributed by atoms with Crippen LogP contribution in [-0.2, 0) is 0 Å². The maximum Gasteiger partial charge on any atom is 0.234 e. The van der Waals surface area contributed by atoms with Crippen LogP contribution < -0.4 is 15.4 Å². The lowest BCUT2D eigenvalue weighted by atomic mass is 9.91. The molecule has 0 radical (unpaired) electrons. The van der Waals surface area contributed by atoms with Crippen molar-refractivity contribution in [1.82, 2.24) is 15.3 Å². The third kappa shape index (κ3) is 3.57. The zero-order valence-corrected chi connectivity index (χ0v) is 11.1. The van der Waals surface area contributed by atoms with Gasteiger partial charge in [0.25, 0.3) is 0 Å². The average molecular weight is 250 g/mol. The molecular weight excluding hydrogens is 228 g/mol. The molecule has 18 heavy (non-hydrogen) atoms. The Morgan fingerprint density at radius 3 is 2.61 bits per heavy atom. The summed E-state index contributed by atoms with van der Waals surface area (Å²) < 4.78 is 5.35. The molecule has 1 fully saturated rings. The van der Waals surface area contributed by atoms with Crippen molar-refractivity contribution < 1.29 is 4.74 Å². The van der Waals surface area contributed by atoms with E-state index in [1.165, 1.54) is 25.7 Å². The van der Waals surface area contributed by atoms with E-state index >= 15 is 0 Å². The lowest BCUT2D eigenvalue weighted by Crippen LogP contribution is -2.35. The second kappa shape index (κ2) is 6.54. The van der Waals surface area contributed by atoms with E-state index in [0.29, 0.717) is 24.6 Å². The van der Waals surface area contributed by atoms with Crippen LogP contribution in [0.2, 0.25) is 0 Å². The Balaban J connectivity index is 1.87. The van der Waals surface area contributed by atoms with Crippen LogP contribution >= 0.6 is 0 Å². The zero-order valence-electron chi connectivity index (χ0n) is 11.1. The number of nitrogens with one attached hydrogen (secondary N) is 2. The molecule has 0 unspecified atom stereocenters. The molecule has 1 aromatic rings. The number of rotatable bonds is 5. The Labute approximate surface area is 108 Å². The van der Waals surface area contributed by atoms with Crippen LogP contribution in [0.25, 0.3) is 0 Å². The topological polar surface area (TPSA) is 59.1 Å². The molecule has 0 amide bonds. The smallest absolute Gasteiger partial charge is 0.234 e. The van der Waals surface area contributed by atoms with Crippen LogP contribution in [0.4, 0.5) is 5.82 Å². The first kappa shape index (κ1) is 13.1. The van der Waals surface area contributed by atoms with Crippen molar-refractivity contribution in [2.45, 2.75) is 44.7 Å². The number of anilines is 1. The predicted octanol–water partition coefficient (Wildman–Crippen LogP) is 1.82. The quantitative estimate of drug-likeness (QED) is 0.834. The van der Waals surface area contributed by atoms with Crippen LogP contribution in [0.1, 0.15) is 32.6 Å². The van der Waals surface area contributed by atoms with Crippen LogP contribution in [0, 0.1) is 0 Å². The average Bonchev–Trinajstić information content (AvgIpc) is 2.40. The minimum Gasteiger partial charge on any atom is -0.477 e. The van der Waals surface area contributed by atoms with E-state index in [-0.39, 0.29) is 0 Å². The molecule has 2 N–H and O–H groups in total. The minimum absolute atomic E-state index is 0.501. The van der Waals surface area contributed by atoms with Gasteiger partial charge in [0.15, 0.2) is 0 Å². The molecule has 0 bridgehead atoms. The summed E-state index contributed by atoms with van der Waals surface area (Å²) >= 11 is 0. The number of aromatic nitrogens is 2. The molecule has 2 rings (SSSR count).